The van der Waals surface area contributed by atoms with Gasteiger partial charge in [0.2, 0.25) is 0 Å². The highest BCUT2D eigenvalue weighted by Crippen LogP contribution is 2.23. The minimum Gasteiger partial charge on any atom is -0.390 e. The van der Waals surface area contributed by atoms with Gasteiger partial charge < -0.3 is 15.3 Å². The summed E-state index contributed by atoms with van der Waals surface area (Å²) in [5.41, 5.74) is 2.57. The number of hydrogen-bond donors (Lipinski definition) is 2. The molecule has 0 aromatic heterocycles. The number of hydrogen-bond acceptors (Lipinski definition) is 3. The maximum absolute atomic E-state index is 9.99. The Morgan fingerprint density at radius 3 is 2.47 bits per heavy atom. The fourth-order valence-corrected chi connectivity index (χ4v) is 2.58. The lowest BCUT2D eigenvalue weighted by Crippen LogP contribution is -2.46. The zero-order chi connectivity index (χ0) is 14.0. The minimum atomic E-state index is -0.313. The second-order valence-corrected chi connectivity index (χ2v) is 6.55. The molecular formula is C16H26N2O. The van der Waals surface area contributed by atoms with Gasteiger partial charge in [0.1, 0.15) is 0 Å². The Morgan fingerprint density at radius 2 is 1.89 bits per heavy atom. The Kier molecular flexibility index (Phi) is 4.16. The molecule has 0 radical (unpaired) electrons. The molecule has 3 nitrogen and oxygen atoms in total. The second-order valence-electron chi connectivity index (χ2n) is 6.55. The molecule has 19 heavy (non-hydrogen) atoms. The molecule has 1 heterocycles. The second kappa shape index (κ2) is 5.51. The van der Waals surface area contributed by atoms with Crippen molar-refractivity contribution in [1.82, 2.24) is 5.32 Å². The molecule has 0 spiro atoms. The molecule has 1 unspecified atom stereocenters. The van der Waals surface area contributed by atoms with E-state index in [2.05, 4.69) is 62.2 Å². The first-order valence-electron chi connectivity index (χ1n) is 7.15. The van der Waals surface area contributed by atoms with Crippen molar-refractivity contribution in [3.63, 3.8) is 0 Å². The number of aliphatic hydroxyl groups is 1. The number of nitrogens with zero attached hydrogens (tertiary/aromatic N) is 1. The van der Waals surface area contributed by atoms with Crippen LogP contribution >= 0.6 is 0 Å². The summed E-state index contributed by atoms with van der Waals surface area (Å²) in [6, 6.07) is 8.72. The third-order valence-electron chi connectivity index (χ3n) is 3.76. The van der Waals surface area contributed by atoms with Crippen molar-refractivity contribution in [1.29, 1.82) is 0 Å². The van der Waals surface area contributed by atoms with Crippen molar-refractivity contribution >= 4 is 5.69 Å². The first-order valence-corrected chi connectivity index (χ1v) is 7.15. The molecule has 1 saturated heterocycles. The van der Waals surface area contributed by atoms with Gasteiger partial charge in [0.15, 0.2) is 0 Å². The quantitative estimate of drug-likeness (QED) is 0.859. The monoisotopic (exact) mass is 262 g/mol. The van der Waals surface area contributed by atoms with Crippen molar-refractivity contribution in [3.8, 4) is 0 Å². The van der Waals surface area contributed by atoms with Gasteiger partial charge in [-0.25, -0.2) is 0 Å². The highest BCUT2D eigenvalue weighted by molar-refractivity contribution is 5.49. The molecule has 2 rings (SSSR count). The predicted octanol–water partition coefficient (Wildman–Crippen LogP) is 2.36. The fraction of sp³-hybridized carbons (Fsp3) is 0.625. The third kappa shape index (κ3) is 3.71. The first-order chi connectivity index (χ1) is 8.87. The summed E-state index contributed by atoms with van der Waals surface area (Å²) < 4.78 is 0. The van der Waals surface area contributed by atoms with Crippen LogP contribution in [0.15, 0.2) is 24.3 Å². The van der Waals surface area contributed by atoms with Crippen LogP contribution in [0, 0.1) is 0 Å². The van der Waals surface area contributed by atoms with Crippen LogP contribution in [0.5, 0.6) is 0 Å². The minimum absolute atomic E-state index is 0.0220. The number of aliphatic hydroxyl groups excluding tert-OH is 1. The number of benzene rings is 1. The van der Waals surface area contributed by atoms with Crippen LogP contribution < -0.4 is 10.2 Å². The van der Waals surface area contributed by atoms with Crippen LogP contribution in [-0.2, 0) is 0 Å². The van der Waals surface area contributed by atoms with Gasteiger partial charge in [-0.1, -0.05) is 26.0 Å². The van der Waals surface area contributed by atoms with Gasteiger partial charge in [-0.05, 0) is 37.5 Å². The molecule has 1 aliphatic rings. The molecule has 3 heteroatoms. The highest BCUT2D eigenvalue weighted by atomic mass is 16.3. The van der Waals surface area contributed by atoms with Crippen LogP contribution in [0.25, 0.3) is 0 Å². The molecule has 1 aromatic rings. The lowest BCUT2D eigenvalue weighted by Gasteiger charge is -2.31. The molecule has 1 aliphatic heterocycles. The van der Waals surface area contributed by atoms with E-state index in [1.54, 1.807) is 0 Å². The largest absolute Gasteiger partial charge is 0.390 e. The summed E-state index contributed by atoms with van der Waals surface area (Å²) in [5, 5.41) is 13.4. The Morgan fingerprint density at radius 1 is 1.26 bits per heavy atom. The first kappa shape index (κ1) is 14.4. The van der Waals surface area contributed by atoms with E-state index in [1.807, 2.05) is 0 Å². The van der Waals surface area contributed by atoms with E-state index in [9.17, 15) is 5.11 Å². The van der Waals surface area contributed by atoms with E-state index in [-0.39, 0.29) is 11.6 Å². The topological polar surface area (TPSA) is 35.5 Å². The van der Waals surface area contributed by atoms with Crippen LogP contribution in [0.1, 0.15) is 39.2 Å². The summed E-state index contributed by atoms with van der Waals surface area (Å²) in [7, 11) is 0. The maximum atomic E-state index is 9.99. The Labute approximate surface area is 116 Å². The van der Waals surface area contributed by atoms with E-state index in [4.69, 9.17) is 0 Å². The highest BCUT2D eigenvalue weighted by Gasteiger charge is 2.27. The average Bonchev–Trinajstić information content (AvgIpc) is 2.48. The van der Waals surface area contributed by atoms with Gasteiger partial charge in [-0.2, -0.15) is 0 Å². The summed E-state index contributed by atoms with van der Waals surface area (Å²) in [5.74, 6) is 0.557. The van der Waals surface area contributed by atoms with Crippen LogP contribution in [0.2, 0.25) is 0 Å². The van der Waals surface area contributed by atoms with Gasteiger partial charge in [0, 0.05) is 30.9 Å². The Bertz CT molecular complexity index is 411. The van der Waals surface area contributed by atoms with Gasteiger partial charge in [-0.3, -0.25) is 0 Å². The van der Waals surface area contributed by atoms with E-state index in [1.165, 1.54) is 11.3 Å². The Balaban J connectivity index is 2.18. The number of β-amino-alcohol motifs (C(OH)–C–C–N with tert-alkyl or cyclic N) is 1. The lowest BCUT2D eigenvalue weighted by atomic mass is 10.0. The summed E-state index contributed by atoms with van der Waals surface area (Å²) in [6.45, 7) is 11.0. The molecule has 1 aromatic carbocycles. The Hall–Kier alpha value is -1.06. The van der Waals surface area contributed by atoms with Crippen LogP contribution in [-0.4, -0.2) is 36.4 Å². The van der Waals surface area contributed by atoms with Crippen LogP contribution in [0.4, 0.5) is 5.69 Å². The maximum Gasteiger partial charge on any atom is 0.0839 e. The SMILES string of the molecule is CC(C)c1ccc(N2CC(O)CNC(C)(C)C2)cc1. The summed E-state index contributed by atoms with van der Waals surface area (Å²) in [4.78, 5) is 2.27. The van der Waals surface area contributed by atoms with Gasteiger partial charge >= 0.3 is 0 Å². The van der Waals surface area contributed by atoms with Crippen LogP contribution in [0.3, 0.4) is 0 Å². The molecule has 0 amide bonds. The van der Waals surface area contributed by atoms with Gasteiger partial charge in [0.25, 0.3) is 0 Å². The van der Waals surface area contributed by atoms with E-state index < -0.39 is 0 Å². The molecule has 1 atom stereocenters. The molecule has 0 bridgehead atoms. The molecular weight excluding hydrogens is 236 g/mol. The zero-order valence-electron chi connectivity index (χ0n) is 12.5. The van der Waals surface area contributed by atoms with Crippen molar-refractivity contribution in [2.75, 3.05) is 24.5 Å². The van der Waals surface area contributed by atoms with Gasteiger partial charge in [-0.15, -0.1) is 0 Å². The number of rotatable bonds is 2. The molecule has 2 N–H and O–H groups in total. The van der Waals surface area contributed by atoms with Gasteiger partial charge in [0.05, 0.1) is 6.10 Å². The lowest BCUT2D eigenvalue weighted by molar-refractivity contribution is 0.179. The zero-order valence-corrected chi connectivity index (χ0v) is 12.5. The normalized spacial score (nSPS) is 23.5. The standard InChI is InChI=1S/C16H26N2O/c1-12(2)13-5-7-14(8-6-13)18-10-15(19)9-17-16(3,4)11-18/h5-8,12,15,17,19H,9-11H2,1-4H3. The van der Waals surface area contributed by atoms with Crippen molar-refractivity contribution in [3.05, 3.63) is 29.8 Å². The smallest absolute Gasteiger partial charge is 0.0839 e. The summed E-state index contributed by atoms with van der Waals surface area (Å²) >= 11 is 0. The van der Waals surface area contributed by atoms with Crippen molar-refractivity contribution in [2.45, 2.75) is 45.3 Å². The predicted molar refractivity (Wildman–Crippen MR) is 80.8 cm³/mol. The van der Waals surface area contributed by atoms with E-state index in [0.29, 0.717) is 19.0 Å². The van der Waals surface area contributed by atoms with E-state index in [0.717, 1.165) is 6.54 Å². The average molecular weight is 262 g/mol. The third-order valence-corrected chi connectivity index (χ3v) is 3.76. The van der Waals surface area contributed by atoms with Crippen molar-refractivity contribution in [2.24, 2.45) is 0 Å². The van der Waals surface area contributed by atoms with Crippen molar-refractivity contribution < 1.29 is 5.11 Å². The number of nitrogens with one attached hydrogen (secondary N) is 1. The summed E-state index contributed by atoms with van der Waals surface area (Å²) in [6.07, 6.45) is -0.313. The number of anilines is 1. The molecule has 106 valence electrons. The molecule has 1 fully saturated rings. The molecule has 0 saturated carbocycles. The fourth-order valence-electron chi connectivity index (χ4n) is 2.58. The van der Waals surface area contributed by atoms with E-state index >= 15 is 0 Å². The molecule has 0 aliphatic carbocycles.